The summed E-state index contributed by atoms with van der Waals surface area (Å²) in [6.07, 6.45) is 0. The van der Waals surface area contributed by atoms with Gasteiger partial charge in [-0.3, -0.25) is 4.79 Å². The van der Waals surface area contributed by atoms with Gasteiger partial charge in [0.05, 0.1) is 0 Å². The maximum Gasteiger partial charge on any atom is 0.249 e. The first-order valence-electron chi connectivity index (χ1n) is 5.54. The summed E-state index contributed by atoms with van der Waals surface area (Å²) < 4.78 is 0.988. The second-order valence-electron chi connectivity index (χ2n) is 3.85. The summed E-state index contributed by atoms with van der Waals surface area (Å²) in [4.78, 5) is 11.3. The number of primary amides is 1. The molecule has 3 nitrogen and oxygen atoms in total. The summed E-state index contributed by atoms with van der Waals surface area (Å²) in [6.45, 7) is 0.557. The Balaban J connectivity index is 2.16. The molecule has 2 rings (SSSR count). The number of carbonyl (C=O) groups excluding carboxylic acids is 1. The van der Waals surface area contributed by atoms with Crippen LogP contribution in [0.5, 0.6) is 0 Å². The molecule has 0 fully saturated rings. The fourth-order valence-electron chi connectivity index (χ4n) is 1.71. The van der Waals surface area contributed by atoms with E-state index in [0.29, 0.717) is 12.1 Å². The van der Waals surface area contributed by atoms with Gasteiger partial charge in [-0.15, -0.1) is 0 Å². The van der Waals surface area contributed by atoms with Crippen LogP contribution in [0, 0.1) is 0 Å². The van der Waals surface area contributed by atoms with Gasteiger partial charge < -0.3 is 11.1 Å². The molecule has 4 heteroatoms. The van der Waals surface area contributed by atoms with E-state index in [9.17, 15) is 4.79 Å². The third kappa shape index (κ3) is 2.90. The molecule has 2 aromatic carbocycles. The normalized spacial score (nSPS) is 10.1. The number of benzene rings is 2. The molecule has 0 unspecified atom stereocenters. The molecular formula is C14H13BrN2O. The van der Waals surface area contributed by atoms with Gasteiger partial charge in [0.1, 0.15) is 0 Å². The molecule has 92 valence electrons. The molecule has 0 aliphatic rings. The minimum atomic E-state index is -0.403. The van der Waals surface area contributed by atoms with Crippen LogP contribution < -0.4 is 11.1 Å². The molecule has 3 N–H and O–H groups in total. The molecule has 0 aliphatic carbocycles. The van der Waals surface area contributed by atoms with Gasteiger partial charge in [-0.1, -0.05) is 30.3 Å². The van der Waals surface area contributed by atoms with Crippen LogP contribution in [0.1, 0.15) is 15.9 Å². The molecule has 0 aromatic heterocycles. The predicted octanol–water partition coefficient (Wildman–Crippen LogP) is 3.16. The van der Waals surface area contributed by atoms with Crippen LogP contribution in [-0.4, -0.2) is 5.91 Å². The van der Waals surface area contributed by atoms with Crippen LogP contribution in [0.3, 0.4) is 0 Å². The lowest BCUT2D eigenvalue weighted by Crippen LogP contribution is -2.15. The molecule has 0 spiro atoms. The Bertz CT molecular complexity index is 569. The van der Waals surface area contributed by atoms with Crippen molar-refractivity contribution < 1.29 is 4.79 Å². The van der Waals surface area contributed by atoms with E-state index in [0.717, 1.165) is 15.7 Å². The molecular weight excluding hydrogens is 292 g/mol. The first-order valence-corrected chi connectivity index (χ1v) is 6.34. The van der Waals surface area contributed by atoms with Gasteiger partial charge in [-0.2, -0.15) is 0 Å². The molecule has 0 saturated heterocycles. The third-order valence-electron chi connectivity index (χ3n) is 2.63. The molecule has 0 radical (unpaired) electrons. The summed E-state index contributed by atoms with van der Waals surface area (Å²) in [6, 6.07) is 15.2. The zero-order chi connectivity index (χ0) is 13.0. The highest BCUT2D eigenvalue weighted by molar-refractivity contribution is 9.10. The quantitative estimate of drug-likeness (QED) is 0.911. The summed E-state index contributed by atoms with van der Waals surface area (Å²) >= 11 is 3.46. The number of carbonyl (C=O) groups is 1. The van der Waals surface area contributed by atoms with Crippen molar-refractivity contribution in [2.75, 3.05) is 5.32 Å². The Kier molecular flexibility index (Phi) is 3.99. The second kappa shape index (κ2) is 5.69. The van der Waals surface area contributed by atoms with Crippen molar-refractivity contribution >= 4 is 27.5 Å². The number of nitrogens with two attached hydrogens (primary N) is 1. The number of anilines is 1. The van der Waals surface area contributed by atoms with Gasteiger partial charge in [0.2, 0.25) is 5.91 Å². The largest absolute Gasteiger partial charge is 0.380 e. The van der Waals surface area contributed by atoms with Crippen molar-refractivity contribution in [3.63, 3.8) is 0 Å². The van der Waals surface area contributed by atoms with Gasteiger partial charge >= 0.3 is 0 Å². The smallest absolute Gasteiger partial charge is 0.249 e. The molecule has 0 heterocycles. The average Bonchev–Trinajstić information content (AvgIpc) is 2.38. The fraction of sp³-hybridized carbons (Fsp3) is 0.0714. The topological polar surface area (TPSA) is 55.1 Å². The Morgan fingerprint density at radius 1 is 1.11 bits per heavy atom. The Labute approximate surface area is 114 Å². The maximum atomic E-state index is 11.3. The minimum Gasteiger partial charge on any atom is -0.380 e. The van der Waals surface area contributed by atoms with E-state index in [1.807, 2.05) is 42.5 Å². The van der Waals surface area contributed by atoms with E-state index in [1.165, 1.54) is 0 Å². The predicted molar refractivity (Wildman–Crippen MR) is 76.4 cm³/mol. The average molecular weight is 305 g/mol. The summed E-state index contributed by atoms with van der Waals surface area (Å²) in [5.41, 5.74) is 7.76. The Morgan fingerprint density at radius 3 is 2.50 bits per heavy atom. The number of amides is 1. The molecule has 18 heavy (non-hydrogen) atoms. The third-order valence-corrected chi connectivity index (χ3v) is 3.32. The lowest BCUT2D eigenvalue weighted by atomic mass is 10.1. The zero-order valence-electron chi connectivity index (χ0n) is 9.69. The molecule has 0 bridgehead atoms. The van der Waals surface area contributed by atoms with Crippen LogP contribution >= 0.6 is 15.9 Å². The van der Waals surface area contributed by atoms with Crippen molar-refractivity contribution in [3.8, 4) is 0 Å². The zero-order valence-corrected chi connectivity index (χ0v) is 11.3. The van der Waals surface area contributed by atoms with E-state index in [4.69, 9.17) is 5.73 Å². The van der Waals surface area contributed by atoms with Gasteiger partial charge in [0.15, 0.2) is 0 Å². The highest BCUT2D eigenvalue weighted by atomic mass is 79.9. The lowest BCUT2D eigenvalue weighted by Gasteiger charge is -2.10. The SMILES string of the molecule is NC(=O)c1ccccc1CNc1ccccc1Br. The van der Waals surface area contributed by atoms with Crippen LogP contribution in [-0.2, 0) is 6.54 Å². The lowest BCUT2D eigenvalue weighted by molar-refractivity contribution is 0.0999. The number of para-hydroxylation sites is 1. The Hall–Kier alpha value is -1.81. The van der Waals surface area contributed by atoms with E-state index in [1.54, 1.807) is 6.07 Å². The van der Waals surface area contributed by atoms with Gasteiger partial charge in [0, 0.05) is 22.3 Å². The van der Waals surface area contributed by atoms with Gasteiger partial charge in [0.25, 0.3) is 0 Å². The molecule has 0 atom stereocenters. The van der Waals surface area contributed by atoms with Crippen LogP contribution in [0.15, 0.2) is 53.0 Å². The van der Waals surface area contributed by atoms with Crippen molar-refractivity contribution in [1.29, 1.82) is 0 Å². The molecule has 0 saturated carbocycles. The van der Waals surface area contributed by atoms with Crippen LogP contribution in [0.2, 0.25) is 0 Å². The van der Waals surface area contributed by atoms with E-state index < -0.39 is 5.91 Å². The van der Waals surface area contributed by atoms with Crippen molar-refractivity contribution in [2.24, 2.45) is 5.73 Å². The van der Waals surface area contributed by atoms with E-state index in [-0.39, 0.29) is 0 Å². The summed E-state index contributed by atoms with van der Waals surface area (Å²) in [5, 5.41) is 3.27. The van der Waals surface area contributed by atoms with Crippen LogP contribution in [0.4, 0.5) is 5.69 Å². The minimum absolute atomic E-state index is 0.403. The fourth-order valence-corrected chi connectivity index (χ4v) is 2.13. The highest BCUT2D eigenvalue weighted by Gasteiger charge is 2.07. The van der Waals surface area contributed by atoms with Crippen molar-refractivity contribution in [1.82, 2.24) is 0 Å². The first kappa shape index (κ1) is 12.6. The standard InChI is InChI=1S/C14H13BrN2O/c15-12-7-3-4-8-13(12)17-9-10-5-1-2-6-11(10)14(16)18/h1-8,17H,9H2,(H2,16,18). The summed E-state index contributed by atoms with van der Waals surface area (Å²) in [5.74, 6) is -0.403. The van der Waals surface area contributed by atoms with Crippen LogP contribution in [0.25, 0.3) is 0 Å². The number of nitrogens with one attached hydrogen (secondary N) is 1. The first-order chi connectivity index (χ1) is 8.68. The van der Waals surface area contributed by atoms with Gasteiger partial charge in [-0.05, 0) is 39.7 Å². The second-order valence-corrected chi connectivity index (χ2v) is 4.71. The maximum absolute atomic E-state index is 11.3. The van der Waals surface area contributed by atoms with Crippen molar-refractivity contribution in [3.05, 3.63) is 64.1 Å². The molecule has 2 aromatic rings. The van der Waals surface area contributed by atoms with E-state index in [2.05, 4.69) is 21.2 Å². The number of rotatable bonds is 4. The van der Waals surface area contributed by atoms with Gasteiger partial charge in [-0.25, -0.2) is 0 Å². The number of halogens is 1. The Morgan fingerprint density at radius 2 is 1.78 bits per heavy atom. The number of hydrogen-bond donors (Lipinski definition) is 2. The molecule has 1 amide bonds. The highest BCUT2D eigenvalue weighted by Crippen LogP contribution is 2.22. The molecule has 0 aliphatic heterocycles. The monoisotopic (exact) mass is 304 g/mol. The summed E-state index contributed by atoms with van der Waals surface area (Å²) in [7, 11) is 0. The van der Waals surface area contributed by atoms with E-state index >= 15 is 0 Å². The van der Waals surface area contributed by atoms with Crippen molar-refractivity contribution in [2.45, 2.75) is 6.54 Å². The number of hydrogen-bond acceptors (Lipinski definition) is 2.